The molecule has 200 valence electrons. The molecule has 6 rings (SSSR count). The highest BCUT2D eigenvalue weighted by atomic mass is 19.3. The highest BCUT2D eigenvalue weighted by molar-refractivity contribution is 5.75. The van der Waals surface area contributed by atoms with Gasteiger partial charge in [0, 0.05) is 22.7 Å². The third-order valence-corrected chi connectivity index (χ3v) is 7.95. The van der Waals surface area contributed by atoms with Crippen molar-refractivity contribution in [2.24, 2.45) is 5.41 Å². The first-order valence-corrected chi connectivity index (χ1v) is 13.1. The monoisotopic (exact) mass is 527 g/mol. The van der Waals surface area contributed by atoms with Crippen LogP contribution in [0.15, 0.2) is 42.5 Å². The zero-order chi connectivity index (χ0) is 26.8. The van der Waals surface area contributed by atoms with Gasteiger partial charge in [-0.2, -0.15) is 0 Å². The number of aromatic nitrogens is 1. The van der Waals surface area contributed by atoms with Gasteiger partial charge in [-0.15, -0.1) is 8.78 Å². The number of aliphatic hydroxyl groups is 1. The zero-order valence-electron chi connectivity index (χ0n) is 21.2. The minimum atomic E-state index is -3.81. The van der Waals surface area contributed by atoms with E-state index in [1.54, 1.807) is 12.1 Å². The Morgan fingerprint density at radius 1 is 1.00 bits per heavy atom. The molecule has 8 heteroatoms. The minimum Gasteiger partial charge on any atom is -0.395 e. The number of rotatable bonds is 4. The summed E-state index contributed by atoms with van der Waals surface area (Å²) >= 11 is 0. The van der Waals surface area contributed by atoms with E-state index in [0.29, 0.717) is 40.8 Å². The van der Waals surface area contributed by atoms with Gasteiger partial charge in [-0.3, -0.25) is 4.98 Å². The van der Waals surface area contributed by atoms with Crippen LogP contribution >= 0.6 is 0 Å². The molecule has 1 fully saturated rings. The lowest BCUT2D eigenvalue weighted by Gasteiger charge is -2.37. The van der Waals surface area contributed by atoms with Crippen LogP contribution in [0.4, 0.5) is 17.6 Å². The molecule has 1 aliphatic heterocycles. The summed E-state index contributed by atoms with van der Waals surface area (Å²) in [6, 6.07) is 9.71. The van der Waals surface area contributed by atoms with Crippen molar-refractivity contribution in [3.05, 3.63) is 76.4 Å². The molecule has 3 aliphatic rings. The fourth-order valence-corrected chi connectivity index (χ4v) is 6.31. The minimum absolute atomic E-state index is 0.0215. The molecule has 2 aliphatic carbocycles. The molecule has 0 saturated heterocycles. The summed E-state index contributed by atoms with van der Waals surface area (Å²) in [7, 11) is 0. The van der Waals surface area contributed by atoms with E-state index in [1.807, 2.05) is 0 Å². The van der Waals surface area contributed by atoms with Crippen LogP contribution in [0.25, 0.3) is 11.1 Å². The Balaban J connectivity index is 1.60. The fourth-order valence-electron chi connectivity index (χ4n) is 6.31. The van der Waals surface area contributed by atoms with Crippen molar-refractivity contribution in [2.75, 3.05) is 0 Å². The van der Waals surface area contributed by atoms with E-state index in [4.69, 9.17) is 4.98 Å². The quantitative estimate of drug-likeness (QED) is 0.350. The van der Waals surface area contributed by atoms with Gasteiger partial charge >= 0.3 is 6.29 Å². The molecule has 0 spiro atoms. The molecule has 1 N–H and O–H groups in total. The second-order valence-electron chi connectivity index (χ2n) is 11.4. The smallest absolute Gasteiger partial charge is 0.395 e. The van der Waals surface area contributed by atoms with Gasteiger partial charge in [0.1, 0.15) is 5.82 Å². The van der Waals surface area contributed by atoms with E-state index in [-0.39, 0.29) is 28.4 Å². The van der Waals surface area contributed by atoms with Gasteiger partial charge in [0.15, 0.2) is 17.7 Å². The zero-order valence-corrected chi connectivity index (χ0v) is 21.2. The maximum Gasteiger partial charge on any atom is 0.586 e. The number of hydrogen-bond donors (Lipinski definition) is 1. The van der Waals surface area contributed by atoms with E-state index >= 15 is 4.39 Å². The molecular formula is C30H29F4NO3. The van der Waals surface area contributed by atoms with Crippen molar-refractivity contribution in [1.82, 2.24) is 4.98 Å². The molecule has 1 saturated carbocycles. The van der Waals surface area contributed by atoms with Crippen LogP contribution < -0.4 is 9.47 Å². The summed E-state index contributed by atoms with van der Waals surface area (Å²) in [6.45, 7) is 4.14. The molecule has 2 heterocycles. The van der Waals surface area contributed by atoms with Crippen molar-refractivity contribution in [1.29, 1.82) is 0 Å². The predicted molar refractivity (Wildman–Crippen MR) is 133 cm³/mol. The van der Waals surface area contributed by atoms with Crippen LogP contribution in [0.2, 0.25) is 0 Å². The lowest BCUT2D eigenvalue weighted by molar-refractivity contribution is -0.286. The molecule has 0 amide bonds. The Morgan fingerprint density at radius 3 is 2.39 bits per heavy atom. The number of ether oxygens (including phenoxy) is 2. The van der Waals surface area contributed by atoms with Crippen LogP contribution in [0.1, 0.15) is 92.2 Å². The number of alkyl halides is 3. The largest absolute Gasteiger partial charge is 0.586 e. The summed E-state index contributed by atoms with van der Waals surface area (Å²) in [6.07, 6.45) is -1.67. The average Bonchev–Trinajstić information content (AvgIpc) is 3.48. The maximum absolute atomic E-state index is 16.8. The van der Waals surface area contributed by atoms with E-state index in [0.717, 1.165) is 31.4 Å². The maximum atomic E-state index is 16.8. The number of hydrogen-bond acceptors (Lipinski definition) is 4. The van der Waals surface area contributed by atoms with Crippen molar-refractivity contribution in [3.8, 4) is 22.6 Å². The predicted octanol–water partition coefficient (Wildman–Crippen LogP) is 7.93. The Morgan fingerprint density at radius 2 is 1.68 bits per heavy atom. The molecule has 2 unspecified atom stereocenters. The highest BCUT2D eigenvalue weighted by Crippen LogP contribution is 2.51. The van der Waals surface area contributed by atoms with E-state index in [2.05, 4.69) is 23.3 Å². The van der Waals surface area contributed by atoms with E-state index < -0.39 is 24.4 Å². The van der Waals surface area contributed by atoms with Crippen LogP contribution in [0.3, 0.4) is 0 Å². The van der Waals surface area contributed by atoms with Crippen LogP contribution in [-0.4, -0.2) is 16.4 Å². The van der Waals surface area contributed by atoms with Crippen molar-refractivity contribution >= 4 is 0 Å². The summed E-state index contributed by atoms with van der Waals surface area (Å²) in [4.78, 5) is 5.04. The molecule has 1 aromatic heterocycles. The highest BCUT2D eigenvalue weighted by Gasteiger charge is 2.44. The van der Waals surface area contributed by atoms with Crippen LogP contribution in [0, 0.1) is 11.2 Å². The third-order valence-electron chi connectivity index (χ3n) is 7.95. The molecule has 2 aromatic carbocycles. The van der Waals surface area contributed by atoms with Gasteiger partial charge in [0.05, 0.1) is 11.8 Å². The first kappa shape index (κ1) is 25.2. The summed E-state index contributed by atoms with van der Waals surface area (Å²) in [5, 5.41) is 11.4. The molecular weight excluding hydrogens is 498 g/mol. The molecule has 0 bridgehead atoms. The first-order chi connectivity index (χ1) is 18.0. The molecule has 4 nitrogen and oxygen atoms in total. The SMILES string of the molecule is CC1(C)Cc2nc(C3CCCC3)c(C(F)c3ccc4c(c3)OC(F)(F)O4)c(-c3ccc(F)cc3)c2C(O)C1. The van der Waals surface area contributed by atoms with Gasteiger partial charge in [0.2, 0.25) is 0 Å². The Bertz CT molecular complexity index is 1380. The second kappa shape index (κ2) is 8.97. The topological polar surface area (TPSA) is 51.6 Å². The van der Waals surface area contributed by atoms with Gasteiger partial charge in [0.25, 0.3) is 0 Å². The Hall–Kier alpha value is -3.13. The molecule has 2 atom stereocenters. The van der Waals surface area contributed by atoms with E-state index in [9.17, 15) is 18.3 Å². The average molecular weight is 528 g/mol. The number of halogens is 4. The number of aliphatic hydroxyl groups excluding tert-OH is 1. The van der Waals surface area contributed by atoms with Gasteiger partial charge < -0.3 is 14.6 Å². The first-order valence-electron chi connectivity index (χ1n) is 13.1. The molecule has 3 aromatic rings. The number of pyridine rings is 1. The lowest BCUT2D eigenvalue weighted by atomic mass is 9.71. The van der Waals surface area contributed by atoms with Crippen LogP contribution in [-0.2, 0) is 6.42 Å². The number of nitrogens with zero attached hydrogens (tertiary/aromatic N) is 1. The van der Waals surface area contributed by atoms with Crippen molar-refractivity contribution < 1.29 is 32.1 Å². The Labute approximate surface area is 218 Å². The number of fused-ring (bicyclic) bond motifs is 2. The number of benzene rings is 2. The van der Waals surface area contributed by atoms with Gasteiger partial charge in [-0.25, -0.2) is 8.78 Å². The normalized spacial score (nSPS) is 22.3. The van der Waals surface area contributed by atoms with Gasteiger partial charge in [-0.05, 0) is 72.1 Å². The standard InChI is InChI=1S/C30H29F4NO3/c1-29(2)14-20-25(21(36)15-29)24(16-7-10-19(31)11-8-16)26(28(35-20)17-5-3-4-6-17)27(32)18-9-12-22-23(13-18)38-30(33,34)37-22/h7-13,17,21,27,36H,3-6,14-15H2,1-2H3. The van der Waals surface area contributed by atoms with Gasteiger partial charge in [-0.1, -0.05) is 44.9 Å². The summed E-state index contributed by atoms with van der Waals surface area (Å²) in [5.74, 6) is -0.812. The second-order valence-corrected chi connectivity index (χ2v) is 11.4. The van der Waals surface area contributed by atoms with E-state index in [1.165, 1.54) is 30.3 Å². The lowest BCUT2D eigenvalue weighted by Crippen LogP contribution is -2.29. The molecule has 0 radical (unpaired) electrons. The molecule has 38 heavy (non-hydrogen) atoms. The van der Waals surface area contributed by atoms with Crippen LogP contribution in [0.5, 0.6) is 11.5 Å². The fraction of sp³-hybridized carbons (Fsp3) is 0.433. The third kappa shape index (κ3) is 4.42. The summed E-state index contributed by atoms with van der Waals surface area (Å²) in [5.41, 5.74) is 3.21. The Kier molecular flexibility index (Phi) is 5.94. The van der Waals surface area contributed by atoms with Crippen molar-refractivity contribution in [3.63, 3.8) is 0 Å². The summed E-state index contributed by atoms with van der Waals surface area (Å²) < 4.78 is 67.2. The van der Waals surface area contributed by atoms with Crippen molar-refractivity contribution in [2.45, 2.75) is 76.9 Å².